The quantitative estimate of drug-likeness (QED) is 0.730. The highest BCUT2D eigenvalue weighted by molar-refractivity contribution is 6.48. The molecule has 0 aliphatic heterocycles. The zero-order valence-electron chi connectivity index (χ0n) is 8.62. The summed E-state index contributed by atoms with van der Waals surface area (Å²) in [5.74, 6) is 0. The van der Waals surface area contributed by atoms with Crippen LogP contribution in [0.2, 0.25) is 0 Å². The van der Waals surface area contributed by atoms with Gasteiger partial charge < -0.3 is 13.8 Å². The summed E-state index contributed by atoms with van der Waals surface area (Å²) in [4.78, 5) is 3.24. The van der Waals surface area contributed by atoms with E-state index in [4.69, 9.17) is 8.85 Å². The molecule has 0 heterocycles. The number of rotatable bonds is 6. The van der Waals surface area contributed by atoms with Crippen molar-refractivity contribution in [2.24, 2.45) is 0 Å². The topological polar surface area (TPSA) is 30.5 Å². The highest BCUT2D eigenvalue weighted by Crippen LogP contribution is 2.06. The van der Waals surface area contributed by atoms with Crippen molar-refractivity contribution in [1.29, 1.82) is 0 Å². The van der Waals surface area contributed by atoms with Crippen LogP contribution in [0.1, 0.15) is 13.8 Å². The van der Waals surface area contributed by atoms with Crippen LogP contribution in [0, 0.1) is 0 Å². The van der Waals surface area contributed by atoms with Crippen molar-refractivity contribution < 1.29 is 8.85 Å². The van der Waals surface area contributed by atoms with Gasteiger partial charge in [0.1, 0.15) is 0 Å². The van der Waals surface area contributed by atoms with Crippen LogP contribution in [0.5, 0.6) is 0 Å². The van der Waals surface area contributed by atoms with Crippen molar-refractivity contribution in [1.82, 2.24) is 0 Å². The zero-order chi connectivity index (χ0) is 10.2. The predicted molar refractivity (Wildman–Crippen MR) is 59.1 cm³/mol. The van der Waals surface area contributed by atoms with Crippen molar-refractivity contribution in [2.45, 2.75) is 13.8 Å². The van der Waals surface area contributed by atoms with Gasteiger partial charge in [-0.2, -0.15) is 0 Å². The molecule has 4 heteroatoms. The lowest BCUT2D eigenvalue weighted by Gasteiger charge is -2.14. The fraction of sp³-hybridized carbons (Fsp3) is 0.400. The summed E-state index contributed by atoms with van der Waals surface area (Å²) in [7, 11) is -1.35. The van der Waals surface area contributed by atoms with Crippen molar-refractivity contribution in [3.63, 3.8) is 0 Å². The molecular weight excluding hydrogens is 194 g/mol. The van der Waals surface area contributed by atoms with E-state index in [0.717, 1.165) is 5.69 Å². The van der Waals surface area contributed by atoms with E-state index in [0.29, 0.717) is 13.2 Å². The van der Waals surface area contributed by atoms with Gasteiger partial charge in [-0.25, -0.2) is 0 Å². The third kappa shape index (κ3) is 3.91. The van der Waals surface area contributed by atoms with Gasteiger partial charge in [0, 0.05) is 18.9 Å². The molecule has 0 spiro atoms. The molecule has 0 saturated heterocycles. The Morgan fingerprint density at radius 2 is 1.64 bits per heavy atom. The monoisotopic (exact) mass is 210 g/mol. The molecule has 1 radical (unpaired) electrons. The van der Waals surface area contributed by atoms with Gasteiger partial charge in [-0.05, 0) is 26.0 Å². The lowest BCUT2D eigenvalue weighted by molar-refractivity contribution is 0.219. The first-order chi connectivity index (χ1) is 6.86. The number of anilines is 1. The van der Waals surface area contributed by atoms with E-state index in [9.17, 15) is 0 Å². The second-order valence-electron chi connectivity index (χ2n) is 2.64. The van der Waals surface area contributed by atoms with Crippen LogP contribution in [-0.4, -0.2) is 22.7 Å². The smallest absolute Gasteiger partial charge is 0.377 e. The molecule has 1 aromatic carbocycles. The molecule has 0 unspecified atom stereocenters. The van der Waals surface area contributed by atoms with Gasteiger partial charge in [0.25, 0.3) is 0 Å². The summed E-state index contributed by atoms with van der Waals surface area (Å²) in [6, 6.07) is 9.96. The fourth-order valence-electron chi connectivity index (χ4n) is 1.02. The van der Waals surface area contributed by atoms with Gasteiger partial charge in [-0.15, -0.1) is 0 Å². The lowest BCUT2D eigenvalue weighted by Crippen LogP contribution is -2.32. The van der Waals surface area contributed by atoms with Crippen LogP contribution in [0.15, 0.2) is 30.3 Å². The van der Waals surface area contributed by atoms with Crippen molar-refractivity contribution in [2.75, 3.05) is 18.2 Å². The highest BCUT2D eigenvalue weighted by Gasteiger charge is 2.15. The van der Waals surface area contributed by atoms with Crippen LogP contribution in [0.25, 0.3) is 0 Å². The molecule has 0 bridgehead atoms. The fourth-order valence-corrected chi connectivity index (χ4v) is 2.17. The summed E-state index contributed by atoms with van der Waals surface area (Å²) in [5.41, 5.74) is 1.04. The Kier molecular flexibility index (Phi) is 5.29. The molecule has 0 aliphatic carbocycles. The van der Waals surface area contributed by atoms with Crippen LogP contribution < -0.4 is 4.98 Å². The second kappa shape index (κ2) is 6.59. The number of nitrogens with one attached hydrogen (secondary N) is 1. The SMILES string of the molecule is CCO[Si](Nc1ccccc1)OCC. The first kappa shape index (κ1) is 11.2. The van der Waals surface area contributed by atoms with E-state index in [1.165, 1.54) is 0 Å². The highest BCUT2D eigenvalue weighted by atomic mass is 28.3. The Morgan fingerprint density at radius 3 is 2.14 bits per heavy atom. The van der Waals surface area contributed by atoms with Gasteiger partial charge in [-0.1, -0.05) is 18.2 Å². The maximum Gasteiger partial charge on any atom is 0.526 e. The van der Waals surface area contributed by atoms with Gasteiger partial charge in [0.05, 0.1) is 0 Å². The summed E-state index contributed by atoms with van der Waals surface area (Å²) in [6.45, 7) is 5.29. The Morgan fingerprint density at radius 1 is 1.07 bits per heavy atom. The van der Waals surface area contributed by atoms with E-state index in [-0.39, 0.29) is 0 Å². The third-order valence-corrected chi connectivity index (χ3v) is 3.17. The normalized spacial score (nSPS) is 10.5. The minimum Gasteiger partial charge on any atom is -0.377 e. The van der Waals surface area contributed by atoms with E-state index in [1.807, 2.05) is 44.2 Å². The standard InChI is InChI=1S/C10H16NO2Si/c1-3-12-14(13-4-2)11-10-8-6-5-7-9-10/h5-9,11H,3-4H2,1-2H3. The van der Waals surface area contributed by atoms with Crippen LogP contribution in [-0.2, 0) is 8.85 Å². The molecule has 14 heavy (non-hydrogen) atoms. The molecule has 1 rings (SSSR count). The van der Waals surface area contributed by atoms with Gasteiger partial charge in [0.2, 0.25) is 0 Å². The van der Waals surface area contributed by atoms with Gasteiger partial charge in [0.15, 0.2) is 0 Å². The van der Waals surface area contributed by atoms with E-state index < -0.39 is 9.45 Å². The second-order valence-corrected chi connectivity index (χ2v) is 4.05. The Labute approximate surface area is 87.0 Å². The van der Waals surface area contributed by atoms with E-state index in [1.54, 1.807) is 0 Å². The number of para-hydroxylation sites is 1. The molecule has 0 aliphatic rings. The lowest BCUT2D eigenvalue weighted by atomic mass is 10.3. The largest absolute Gasteiger partial charge is 0.526 e. The van der Waals surface area contributed by atoms with Gasteiger partial charge >= 0.3 is 9.45 Å². The molecule has 0 saturated carbocycles. The molecule has 0 amide bonds. The van der Waals surface area contributed by atoms with E-state index >= 15 is 0 Å². The first-order valence-corrected chi connectivity index (χ1v) is 6.13. The Balaban J connectivity index is 2.46. The molecule has 0 aromatic heterocycles. The number of hydrogen-bond donors (Lipinski definition) is 1. The Hall–Kier alpha value is -0.843. The van der Waals surface area contributed by atoms with Crippen LogP contribution in [0.3, 0.4) is 0 Å². The summed E-state index contributed by atoms with van der Waals surface area (Å²) in [6.07, 6.45) is 0. The average Bonchev–Trinajstić information content (AvgIpc) is 2.20. The van der Waals surface area contributed by atoms with Crippen molar-refractivity contribution in [3.05, 3.63) is 30.3 Å². The molecule has 1 N–H and O–H groups in total. The first-order valence-electron chi connectivity index (χ1n) is 4.81. The van der Waals surface area contributed by atoms with E-state index in [2.05, 4.69) is 4.98 Å². The van der Waals surface area contributed by atoms with Crippen LogP contribution in [0.4, 0.5) is 5.69 Å². The Bertz CT molecular complexity index is 237. The summed E-state index contributed by atoms with van der Waals surface area (Å²) >= 11 is 0. The van der Waals surface area contributed by atoms with Gasteiger partial charge in [-0.3, -0.25) is 0 Å². The maximum atomic E-state index is 5.45. The minimum atomic E-state index is -1.35. The van der Waals surface area contributed by atoms with Crippen LogP contribution >= 0.6 is 0 Å². The third-order valence-electron chi connectivity index (χ3n) is 1.57. The van der Waals surface area contributed by atoms with Crippen molar-refractivity contribution >= 4 is 15.1 Å². The predicted octanol–water partition coefficient (Wildman–Crippen LogP) is 2.16. The molecule has 0 atom stereocenters. The maximum absolute atomic E-state index is 5.45. The van der Waals surface area contributed by atoms with Crippen molar-refractivity contribution in [3.8, 4) is 0 Å². The molecular formula is C10H16NO2Si. The minimum absolute atomic E-state index is 0.675. The average molecular weight is 210 g/mol. The molecule has 1 aromatic rings. The zero-order valence-corrected chi connectivity index (χ0v) is 9.62. The summed E-state index contributed by atoms with van der Waals surface area (Å²) < 4.78 is 10.9. The number of benzene rings is 1. The molecule has 0 fully saturated rings. The molecule has 3 nitrogen and oxygen atoms in total. The molecule has 77 valence electrons. The summed E-state index contributed by atoms with van der Waals surface area (Å²) in [5, 5.41) is 0. The number of hydrogen-bond acceptors (Lipinski definition) is 3.